The Kier molecular flexibility index (Phi) is 4.03. The van der Waals surface area contributed by atoms with E-state index >= 15 is 0 Å². The Hall–Kier alpha value is -1.77. The second kappa shape index (κ2) is 5.71. The summed E-state index contributed by atoms with van der Waals surface area (Å²) in [6.45, 7) is 7.30. The number of aryl methyl sites for hydroxylation is 2. The van der Waals surface area contributed by atoms with E-state index in [0.717, 1.165) is 18.8 Å². The third-order valence-corrected chi connectivity index (χ3v) is 3.17. The molecule has 3 nitrogen and oxygen atoms in total. The van der Waals surface area contributed by atoms with Crippen LogP contribution in [0.3, 0.4) is 0 Å². The molecule has 1 unspecified atom stereocenters. The second-order valence-electron chi connectivity index (χ2n) is 4.57. The average molecular weight is 243 g/mol. The largest absolute Gasteiger partial charge is 0.362 e. The van der Waals surface area contributed by atoms with Crippen LogP contribution in [0.25, 0.3) is 0 Å². The SMILES string of the molecule is CCC(Nc1ccn(CC)n1)c1ccc(C)cc1. The molecular weight excluding hydrogens is 222 g/mol. The summed E-state index contributed by atoms with van der Waals surface area (Å²) in [4.78, 5) is 0. The Labute approximate surface area is 109 Å². The minimum atomic E-state index is 0.325. The lowest BCUT2D eigenvalue weighted by molar-refractivity contribution is 0.655. The fourth-order valence-electron chi connectivity index (χ4n) is 2.01. The predicted octanol–water partition coefficient (Wildman–Crippen LogP) is 3.77. The number of hydrogen-bond acceptors (Lipinski definition) is 2. The lowest BCUT2D eigenvalue weighted by Crippen LogP contribution is -2.10. The van der Waals surface area contributed by atoms with Gasteiger partial charge >= 0.3 is 0 Å². The van der Waals surface area contributed by atoms with E-state index < -0.39 is 0 Å². The summed E-state index contributed by atoms with van der Waals surface area (Å²) in [5.41, 5.74) is 2.61. The van der Waals surface area contributed by atoms with Crippen LogP contribution in [0.1, 0.15) is 37.4 Å². The van der Waals surface area contributed by atoms with Gasteiger partial charge in [-0.05, 0) is 25.8 Å². The van der Waals surface area contributed by atoms with E-state index in [-0.39, 0.29) is 0 Å². The van der Waals surface area contributed by atoms with Crippen LogP contribution in [0.2, 0.25) is 0 Å². The van der Waals surface area contributed by atoms with Gasteiger partial charge in [-0.2, -0.15) is 5.10 Å². The molecule has 0 spiro atoms. The first-order valence-electron chi connectivity index (χ1n) is 6.59. The van der Waals surface area contributed by atoms with Crippen molar-refractivity contribution in [2.45, 2.75) is 39.8 Å². The summed E-state index contributed by atoms with van der Waals surface area (Å²) in [5, 5.41) is 7.95. The van der Waals surface area contributed by atoms with Crippen LogP contribution in [0, 0.1) is 6.92 Å². The summed E-state index contributed by atoms with van der Waals surface area (Å²) in [6.07, 6.45) is 3.05. The van der Waals surface area contributed by atoms with Crippen molar-refractivity contribution in [2.24, 2.45) is 0 Å². The zero-order valence-electron chi connectivity index (χ0n) is 11.4. The molecule has 0 aliphatic carbocycles. The smallest absolute Gasteiger partial charge is 0.148 e. The van der Waals surface area contributed by atoms with Crippen molar-refractivity contribution in [3.8, 4) is 0 Å². The molecule has 1 aromatic heterocycles. The van der Waals surface area contributed by atoms with Gasteiger partial charge in [0, 0.05) is 18.8 Å². The average Bonchev–Trinajstić information content (AvgIpc) is 2.85. The van der Waals surface area contributed by atoms with Gasteiger partial charge in [0.15, 0.2) is 0 Å². The summed E-state index contributed by atoms with van der Waals surface area (Å²) in [5.74, 6) is 0.948. The van der Waals surface area contributed by atoms with Gasteiger partial charge in [-0.25, -0.2) is 0 Å². The molecule has 2 aromatic rings. The molecule has 3 heteroatoms. The van der Waals surface area contributed by atoms with Crippen molar-refractivity contribution in [3.05, 3.63) is 47.7 Å². The second-order valence-corrected chi connectivity index (χ2v) is 4.57. The van der Waals surface area contributed by atoms with Gasteiger partial charge in [0.05, 0.1) is 6.04 Å². The van der Waals surface area contributed by atoms with Gasteiger partial charge in [-0.3, -0.25) is 4.68 Å². The van der Waals surface area contributed by atoms with E-state index in [1.807, 2.05) is 16.9 Å². The van der Waals surface area contributed by atoms with Crippen molar-refractivity contribution >= 4 is 5.82 Å². The zero-order valence-corrected chi connectivity index (χ0v) is 11.4. The Morgan fingerprint density at radius 2 is 1.89 bits per heavy atom. The first-order valence-corrected chi connectivity index (χ1v) is 6.59. The van der Waals surface area contributed by atoms with E-state index in [0.29, 0.717) is 6.04 Å². The minimum Gasteiger partial charge on any atom is -0.362 e. The Balaban J connectivity index is 2.11. The first-order chi connectivity index (χ1) is 8.72. The molecule has 1 heterocycles. The molecule has 1 N–H and O–H groups in total. The number of anilines is 1. The quantitative estimate of drug-likeness (QED) is 0.866. The van der Waals surface area contributed by atoms with Gasteiger partial charge in [0.1, 0.15) is 5.82 Å². The van der Waals surface area contributed by atoms with Crippen LogP contribution in [-0.4, -0.2) is 9.78 Å². The Morgan fingerprint density at radius 3 is 2.44 bits per heavy atom. The van der Waals surface area contributed by atoms with Gasteiger partial charge in [0.2, 0.25) is 0 Å². The standard InChI is InChI=1S/C15H21N3/c1-4-14(13-8-6-12(3)7-9-13)16-15-10-11-18(5-2)17-15/h6-11,14H,4-5H2,1-3H3,(H,16,17). The molecule has 1 aromatic carbocycles. The number of hydrogen-bond donors (Lipinski definition) is 1. The maximum Gasteiger partial charge on any atom is 0.148 e. The lowest BCUT2D eigenvalue weighted by atomic mass is 10.0. The topological polar surface area (TPSA) is 29.9 Å². The maximum absolute atomic E-state index is 4.47. The highest BCUT2D eigenvalue weighted by Crippen LogP contribution is 2.21. The molecule has 96 valence electrons. The molecule has 0 saturated heterocycles. The third kappa shape index (κ3) is 2.92. The Bertz CT molecular complexity index is 485. The molecule has 1 atom stereocenters. The van der Waals surface area contributed by atoms with Crippen molar-refractivity contribution in [1.29, 1.82) is 0 Å². The van der Waals surface area contributed by atoms with Crippen LogP contribution < -0.4 is 5.32 Å². The minimum absolute atomic E-state index is 0.325. The predicted molar refractivity (Wildman–Crippen MR) is 75.7 cm³/mol. The van der Waals surface area contributed by atoms with Crippen LogP contribution >= 0.6 is 0 Å². The summed E-state index contributed by atoms with van der Waals surface area (Å²) in [7, 11) is 0. The molecule has 0 fully saturated rings. The van der Waals surface area contributed by atoms with Crippen molar-refractivity contribution in [2.75, 3.05) is 5.32 Å². The molecule has 0 amide bonds. The van der Waals surface area contributed by atoms with E-state index in [9.17, 15) is 0 Å². The van der Waals surface area contributed by atoms with Crippen molar-refractivity contribution < 1.29 is 0 Å². The monoisotopic (exact) mass is 243 g/mol. The first kappa shape index (κ1) is 12.7. The fraction of sp³-hybridized carbons (Fsp3) is 0.400. The van der Waals surface area contributed by atoms with Crippen molar-refractivity contribution in [3.63, 3.8) is 0 Å². The fourth-order valence-corrected chi connectivity index (χ4v) is 2.01. The zero-order chi connectivity index (χ0) is 13.0. The number of aromatic nitrogens is 2. The van der Waals surface area contributed by atoms with Gasteiger partial charge in [0.25, 0.3) is 0 Å². The molecule has 2 rings (SSSR count). The molecule has 0 radical (unpaired) electrons. The molecule has 0 bridgehead atoms. The molecule has 0 saturated carbocycles. The highest BCUT2D eigenvalue weighted by Gasteiger charge is 2.10. The van der Waals surface area contributed by atoms with Crippen LogP contribution in [-0.2, 0) is 6.54 Å². The van der Waals surface area contributed by atoms with Crippen LogP contribution in [0.5, 0.6) is 0 Å². The third-order valence-electron chi connectivity index (χ3n) is 3.17. The summed E-state index contributed by atoms with van der Waals surface area (Å²) >= 11 is 0. The highest BCUT2D eigenvalue weighted by molar-refractivity contribution is 5.37. The van der Waals surface area contributed by atoms with E-state index in [1.165, 1.54) is 11.1 Å². The molecule has 0 aliphatic heterocycles. The molecular formula is C15H21N3. The van der Waals surface area contributed by atoms with E-state index in [4.69, 9.17) is 0 Å². The van der Waals surface area contributed by atoms with Gasteiger partial charge in [-0.1, -0.05) is 36.8 Å². The van der Waals surface area contributed by atoms with E-state index in [2.05, 4.69) is 55.5 Å². The van der Waals surface area contributed by atoms with Gasteiger partial charge in [-0.15, -0.1) is 0 Å². The molecule has 0 aliphatic rings. The van der Waals surface area contributed by atoms with E-state index in [1.54, 1.807) is 0 Å². The number of nitrogens with zero attached hydrogens (tertiary/aromatic N) is 2. The summed E-state index contributed by atoms with van der Waals surface area (Å²) < 4.78 is 1.93. The highest BCUT2D eigenvalue weighted by atomic mass is 15.3. The lowest BCUT2D eigenvalue weighted by Gasteiger charge is -2.17. The van der Waals surface area contributed by atoms with Crippen LogP contribution in [0.4, 0.5) is 5.82 Å². The summed E-state index contributed by atoms with van der Waals surface area (Å²) in [6, 6.07) is 11.0. The number of benzene rings is 1. The van der Waals surface area contributed by atoms with Crippen LogP contribution in [0.15, 0.2) is 36.5 Å². The normalized spacial score (nSPS) is 12.4. The van der Waals surface area contributed by atoms with Crippen molar-refractivity contribution in [1.82, 2.24) is 9.78 Å². The van der Waals surface area contributed by atoms with Gasteiger partial charge < -0.3 is 5.32 Å². The Morgan fingerprint density at radius 1 is 1.17 bits per heavy atom. The number of rotatable bonds is 5. The molecule has 18 heavy (non-hydrogen) atoms. The maximum atomic E-state index is 4.47. The number of nitrogens with one attached hydrogen (secondary N) is 1.